The number of aromatic nitrogens is 1. The van der Waals surface area contributed by atoms with E-state index in [0.29, 0.717) is 11.4 Å². The summed E-state index contributed by atoms with van der Waals surface area (Å²) in [5, 5.41) is 11.0. The molecule has 0 radical (unpaired) electrons. The number of carbonyl (C=O) groups is 2. The Bertz CT molecular complexity index is 1260. The van der Waals surface area contributed by atoms with Gasteiger partial charge in [0.05, 0.1) is 29.0 Å². The third-order valence-corrected chi connectivity index (χ3v) is 5.49. The maximum atomic E-state index is 13.7. The standard InChI is InChI=1S/C24H18ClFN2O4/c1-13-6-9-19(32-2)15(11-13)22(29)20-21(18-5-3-4-10-27-18)28(24(31)23(20)30)14-7-8-17(26)16(25)12-14/h3-12,21,29H,1-2H3/b22-20+. The highest BCUT2D eigenvalue weighted by Crippen LogP contribution is 2.43. The van der Waals surface area contributed by atoms with Gasteiger partial charge in [0, 0.05) is 11.9 Å². The average Bonchev–Trinajstić information content (AvgIpc) is 3.06. The molecule has 0 saturated carbocycles. The normalized spacial score (nSPS) is 17.6. The van der Waals surface area contributed by atoms with E-state index in [-0.39, 0.29) is 21.8 Å². The number of carbonyl (C=O) groups excluding carboxylic acids is 2. The fraction of sp³-hybridized carbons (Fsp3) is 0.125. The number of hydrogen-bond donors (Lipinski definition) is 1. The highest BCUT2D eigenvalue weighted by Gasteiger charge is 2.48. The minimum Gasteiger partial charge on any atom is -0.507 e. The molecule has 8 heteroatoms. The summed E-state index contributed by atoms with van der Waals surface area (Å²) in [6.45, 7) is 1.82. The molecule has 32 heavy (non-hydrogen) atoms. The Kier molecular flexibility index (Phi) is 5.67. The van der Waals surface area contributed by atoms with Crippen LogP contribution in [-0.2, 0) is 9.59 Å². The van der Waals surface area contributed by atoms with Crippen molar-refractivity contribution < 1.29 is 23.8 Å². The monoisotopic (exact) mass is 452 g/mol. The van der Waals surface area contributed by atoms with Gasteiger partial charge in [-0.2, -0.15) is 0 Å². The van der Waals surface area contributed by atoms with Crippen LogP contribution in [0.3, 0.4) is 0 Å². The van der Waals surface area contributed by atoms with Crippen molar-refractivity contribution in [1.82, 2.24) is 4.98 Å². The van der Waals surface area contributed by atoms with Gasteiger partial charge in [0.15, 0.2) is 0 Å². The van der Waals surface area contributed by atoms with E-state index in [1.165, 1.54) is 25.4 Å². The Balaban J connectivity index is 1.98. The number of Topliss-reactive ketones (excluding diaryl/α,β-unsaturated/α-hetero) is 1. The highest BCUT2D eigenvalue weighted by molar-refractivity contribution is 6.51. The van der Waals surface area contributed by atoms with Gasteiger partial charge in [-0.05, 0) is 49.4 Å². The van der Waals surface area contributed by atoms with Crippen molar-refractivity contribution in [2.45, 2.75) is 13.0 Å². The summed E-state index contributed by atoms with van der Waals surface area (Å²) < 4.78 is 19.1. The van der Waals surface area contributed by atoms with Crippen molar-refractivity contribution >= 4 is 34.7 Å². The Hall–Kier alpha value is -3.71. The second-order valence-electron chi connectivity index (χ2n) is 7.23. The van der Waals surface area contributed by atoms with Crippen LogP contribution in [0.15, 0.2) is 66.4 Å². The molecule has 1 aliphatic heterocycles. The molecule has 162 valence electrons. The van der Waals surface area contributed by atoms with Crippen LogP contribution in [0.4, 0.5) is 10.1 Å². The van der Waals surface area contributed by atoms with Gasteiger partial charge in [0.2, 0.25) is 0 Å². The number of amides is 1. The first-order valence-electron chi connectivity index (χ1n) is 9.65. The van der Waals surface area contributed by atoms with Crippen LogP contribution in [0.2, 0.25) is 5.02 Å². The Morgan fingerprint density at radius 1 is 1.16 bits per heavy atom. The van der Waals surface area contributed by atoms with E-state index in [1.54, 1.807) is 36.4 Å². The third kappa shape index (κ3) is 3.61. The van der Waals surface area contributed by atoms with Crippen LogP contribution in [0.5, 0.6) is 5.75 Å². The number of benzene rings is 2. The van der Waals surface area contributed by atoms with Crippen LogP contribution in [0.1, 0.15) is 22.9 Å². The smallest absolute Gasteiger partial charge is 0.300 e. The van der Waals surface area contributed by atoms with Crippen LogP contribution in [0, 0.1) is 12.7 Å². The molecule has 2 aromatic carbocycles. The summed E-state index contributed by atoms with van der Waals surface area (Å²) in [4.78, 5) is 31.7. The van der Waals surface area contributed by atoms with Crippen LogP contribution in [0.25, 0.3) is 5.76 Å². The fourth-order valence-electron chi connectivity index (χ4n) is 3.70. The highest BCUT2D eigenvalue weighted by atomic mass is 35.5. The summed E-state index contributed by atoms with van der Waals surface area (Å²) in [7, 11) is 1.44. The molecule has 2 heterocycles. The minimum absolute atomic E-state index is 0.155. The van der Waals surface area contributed by atoms with Crippen molar-refractivity contribution in [1.29, 1.82) is 0 Å². The van der Waals surface area contributed by atoms with Gasteiger partial charge in [-0.25, -0.2) is 4.39 Å². The molecule has 0 spiro atoms. The lowest BCUT2D eigenvalue weighted by Gasteiger charge is -2.25. The Labute approximate surface area is 188 Å². The summed E-state index contributed by atoms with van der Waals surface area (Å²) in [5.41, 5.74) is 1.48. The maximum Gasteiger partial charge on any atom is 0.300 e. The molecule has 1 aromatic heterocycles. The number of hydrogen-bond acceptors (Lipinski definition) is 5. The lowest BCUT2D eigenvalue weighted by atomic mass is 9.97. The van der Waals surface area contributed by atoms with Crippen LogP contribution < -0.4 is 9.64 Å². The minimum atomic E-state index is -1.05. The molecule has 1 fully saturated rings. The summed E-state index contributed by atoms with van der Waals surface area (Å²) in [5.74, 6) is -2.51. The molecule has 1 N–H and O–H groups in total. The molecule has 6 nitrogen and oxygen atoms in total. The van der Waals surface area contributed by atoms with E-state index in [4.69, 9.17) is 16.3 Å². The largest absolute Gasteiger partial charge is 0.507 e. The van der Waals surface area contributed by atoms with Gasteiger partial charge in [0.1, 0.15) is 23.4 Å². The SMILES string of the molecule is COc1ccc(C)cc1/C(O)=C1\C(=O)C(=O)N(c2ccc(F)c(Cl)c2)C1c1ccccn1. The summed E-state index contributed by atoms with van der Waals surface area (Å²) in [6.07, 6.45) is 1.51. The zero-order valence-electron chi connectivity index (χ0n) is 17.2. The lowest BCUT2D eigenvalue weighted by molar-refractivity contribution is -0.132. The van der Waals surface area contributed by atoms with Crippen molar-refractivity contribution in [3.05, 3.63) is 94.0 Å². The zero-order valence-corrected chi connectivity index (χ0v) is 17.9. The number of ether oxygens (including phenoxy) is 1. The molecular formula is C24H18ClFN2O4. The predicted molar refractivity (Wildman–Crippen MR) is 118 cm³/mol. The first kappa shape index (κ1) is 21.5. The summed E-state index contributed by atoms with van der Waals surface area (Å²) >= 11 is 5.93. The van der Waals surface area contributed by atoms with Crippen molar-refractivity contribution in [3.8, 4) is 5.75 Å². The molecule has 3 aromatic rings. The number of rotatable bonds is 4. The fourth-order valence-corrected chi connectivity index (χ4v) is 3.88. The number of pyridine rings is 1. The predicted octanol–water partition coefficient (Wildman–Crippen LogP) is 4.82. The van der Waals surface area contributed by atoms with Crippen molar-refractivity contribution in [2.75, 3.05) is 12.0 Å². The van der Waals surface area contributed by atoms with E-state index in [9.17, 15) is 19.1 Å². The molecule has 1 aliphatic rings. The molecule has 1 atom stereocenters. The van der Waals surface area contributed by atoms with Gasteiger partial charge in [0.25, 0.3) is 11.7 Å². The van der Waals surface area contributed by atoms with E-state index in [1.807, 2.05) is 6.92 Å². The number of methoxy groups -OCH3 is 1. The van der Waals surface area contributed by atoms with Crippen molar-refractivity contribution in [2.24, 2.45) is 0 Å². The molecular weight excluding hydrogens is 435 g/mol. The first-order chi connectivity index (χ1) is 15.3. The average molecular weight is 453 g/mol. The maximum absolute atomic E-state index is 13.7. The number of halogens is 2. The van der Waals surface area contributed by atoms with Gasteiger partial charge in [-0.15, -0.1) is 0 Å². The van der Waals surface area contributed by atoms with E-state index in [2.05, 4.69) is 4.98 Å². The number of ketones is 1. The lowest BCUT2D eigenvalue weighted by Crippen LogP contribution is -2.29. The second kappa shape index (κ2) is 8.43. The molecule has 0 aliphatic carbocycles. The first-order valence-corrected chi connectivity index (χ1v) is 10.0. The van der Waals surface area contributed by atoms with Gasteiger partial charge >= 0.3 is 0 Å². The molecule has 4 rings (SSSR count). The summed E-state index contributed by atoms with van der Waals surface area (Å²) in [6, 6.07) is 12.8. The van der Waals surface area contributed by atoms with Crippen LogP contribution in [-0.4, -0.2) is 28.9 Å². The molecule has 1 unspecified atom stereocenters. The van der Waals surface area contributed by atoms with E-state index in [0.717, 1.165) is 16.5 Å². The van der Waals surface area contributed by atoms with Gasteiger partial charge < -0.3 is 9.84 Å². The van der Waals surface area contributed by atoms with Crippen molar-refractivity contribution in [3.63, 3.8) is 0 Å². The van der Waals surface area contributed by atoms with Crippen LogP contribution >= 0.6 is 11.6 Å². The van der Waals surface area contributed by atoms with E-state index < -0.39 is 29.3 Å². The van der Waals surface area contributed by atoms with Gasteiger partial charge in [-0.3, -0.25) is 19.5 Å². The quantitative estimate of drug-likeness (QED) is 0.349. The molecule has 1 amide bonds. The number of anilines is 1. The number of aliphatic hydroxyl groups excluding tert-OH is 1. The topological polar surface area (TPSA) is 79.7 Å². The zero-order chi connectivity index (χ0) is 23.0. The Morgan fingerprint density at radius 2 is 1.94 bits per heavy atom. The number of nitrogens with zero attached hydrogens (tertiary/aromatic N) is 2. The number of aliphatic hydroxyl groups is 1. The third-order valence-electron chi connectivity index (χ3n) is 5.20. The molecule has 0 bridgehead atoms. The second-order valence-corrected chi connectivity index (χ2v) is 7.63. The van der Waals surface area contributed by atoms with Gasteiger partial charge in [-0.1, -0.05) is 29.3 Å². The van der Waals surface area contributed by atoms with E-state index >= 15 is 0 Å². The Morgan fingerprint density at radius 3 is 2.59 bits per heavy atom. The molecule has 1 saturated heterocycles. The number of aryl methyl sites for hydroxylation is 1.